The zero-order valence-corrected chi connectivity index (χ0v) is 15.1. The van der Waals surface area contributed by atoms with Gasteiger partial charge in [-0.2, -0.15) is 13.2 Å². The van der Waals surface area contributed by atoms with Crippen molar-refractivity contribution < 1.29 is 36.2 Å². The van der Waals surface area contributed by atoms with Crippen molar-refractivity contribution in [3.63, 3.8) is 0 Å². The number of ether oxygens (including phenoxy) is 2. The lowest BCUT2D eigenvalue weighted by Crippen LogP contribution is -2.48. The van der Waals surface area contributed by atoms with E-state index in [2.05, 4.69) is 15.0 Å². The Hall–Kier alpha value is -2.43. The van der Waals surface area contributed by atoms with Gasteiger partial charge < -0.3 is 20.5 Å². The number of alkyl halides is 4. The predicted octanol–water partition coefficient (Wildman–Crippen LogP) is 2.42. The van der Waals surface area contributed by atoms with Gasteiger partial charge in [0.15, 0.2) is 6.10 Å². The predicted molar refractivity (Wildman–Crippen MR) is 90.0 cm³/mol. The maximum atomic E-state index is 14.4. The van der Waals surface area contributed by atoms with E-state index < -0.39 is 54.2 Å². The molecule has 1 unspecified atom stereocenters. The Morgan fingerprint density at radius 2 is 2.18 bits per heavy atom. The second-order valence-electron chi connectivity index (χ2n) is 6.49. The van der Waals surface area contributed by atoms with Crippen molar-refractivity contribution in [2.45, 2.75) is 37.2 Å². The third kappa shape index (κ3) is 4.70. The van der Waals surface area contributed by atoms with Gasteiger partial charge in [0.05, 0.1) is 6.61 Å². The van der Waals surface area contributed by atoms with Gasteiger partial charge in [0.25, 0.3) is 11.9 Å². The van der Waals surface area contributed by atoms with Crippen LogP contribution in [0.1, 0.15) is 29.3 Å². The number of hydrogen-bond acceptors (Lipinski definition) is 5. The molecule has 0 saturated carbocycles. The molecular weight excluding hydrogens is 389 g/mol. The van der Waals surface area contributed by atoms with E-state index in [0.29, 0.717) is 0 Å². The number of amides is 1. The molecule has 1 aliphatic heterocycles. The number of nitrogens with one attached hydrogen (secondary N) is 1. The SMILES string of the molecule is COCC(C)NC(=O)c1ccc(F)c([C@]2(CF)C[C@@H](C(F)(F)F)OC(N)=N2)c1. The van der Waals surface area contributed by atoms with Crippen LogP contribution in [0.5, 0.6) is 0 Å². The molecule has 1 aromatic carbocycles. The molecule has 2 rings (SSSR count). The number of rotatable bonds is 6. The van der Waals surface area contributed by atoms with Gasteiger partial charge in [-0.25, -0.2) is 13.8 Å². The number of nitrogens with zero attached hydrogens (tertiary/aromatic N) is 1. The average molecular weight is 409 g/mol. The highest BCUT2D eigenvalue weighted by Crippen LogP contribution is 2.41. The van der Waals surface area contributed by atoms with E-state index in [1.807, 2.05) is 0 Å². The topological polar surface area (TPSA) is 85.9 Å². The minimum Gasteiger partial charge on any atom is -0.452 e. The van der Waals surface area contributed by atoms with Crippen LogP contribution >= 0.6 is 0 Å². The summed E-state index contributed by atoms with van der Waals surface area (Å²) in [7, 11) is 1.44. The van der Waals surface area contributed by atoms with Gasteiger partial charge in [-0.05, 0) is 25.1 Å². The Labute approximate surface area is 157 Å². The second kappa shape index (κ2) is 8.29. The van der Waals surface area contributed by atoms with Crippen LogP contribution in [0, 0.1) is 5.82 Å². The van der Waals surface area contributed by atoms with E-state index >= 15 is 0 Å². The molecule has 3 N–H and O–H groups in total. The Balaban J connectivity index is 2.44. The van der Waals surface area contributed by atoms with Crippen molar-refractivity contribution in [1.29, 1.82) is 0 Å². The fourth-order valence-electron chi connectivity index (χ4n) is 2.91. The largest absolute Gasteiger partial charge is 0.452 e. The first kappa shape index (κ1) is 21.9. The fraction of sp³-hybridized carbons (Fsp3) is 0.529. The first-order valence-corrected chi connectivity index (χ1v) is 8.27. The van der Waals surface area contributed by atoms with Crippen molar-refractivity contribution >= 4 is 11.9 Å². The molecule has 0 radical (unpaired) electrons. The zero-order valence-electron chi connectivity index (χ0n) is 15.1. The molecule has 0 spiro atoms. The first-order valence-electron chi connectivity index (χ1n) is 8.27. The molecule has 1 aromatic rings. The Morgan fingerprint density at radius 1 is 1.50 bits per heavy atom. The highest BCUT2D eigenvalue weighted by molar-refractivity contribution is 5.94. The number of benzene rings is 1. The number of carbonyl (C=O) groups excluding carboxylic acids is 1. The van der Waals surface area contributed by atoms with Gasteiger partial charge in [0, 0.05) is 30.7 Å². The summed E-state index contributed by atoms with van der Waals surface area (Å²) in [6.45, 7) is 0.400. The lowest BCUT2D eigenvalue weighted by atomic mass is 9.84. The quantitative estimate of drug-likeness (QED) is 0.707. The summed E-state index contributed by atoms with van der Waals surface area (Å²) >= 11 is 0. The maximum Gasteiger partial charge on any atom is 0.425 e. The van der Waals surface area contributed by atoms with Crippen molar-refractivity contribution in [3.8, 4) is 0 Å². The summed E-state index contributed by atoms with van der Waals surface area (Å²) in [5, 5.41) is 2.57. The number of carbonyl (C=O) groups is 1. The molecule has 0 aromatic heterocycles. The van der Waals surface area contributed by atoms with E-state index in [1.54, 1.807) is 6.92 Å². The average Bonchev–Trinajstić information content (AvgIpc) is 2.60. The molecule has 1 heterocycles. The zero-order chi connectivity index (χ0) is 21.1. The Kier molecular flexibility index (Phi) is 6.48. The van der Waals surface area contributed by atoms with E-state index in [0.717, 1.165) is 18.2 Å². The number of methoxy groups -OCH3 is 1. The number of aliphatic imine (C=N–C) groups is 1. The summed E-state index contributed by atoms with van der Waals surface area (Å²) in [5.41, 5.74) is 2.46. The van der Waals surface area contributed by atoms with Crippen LogP contribution in [-0.4, -0.2) is 50.6 Å². The summed E-state index contributed by atoms with van der Waals surface area (Å²) < 4.78 is 77.0. The van der Waals surface area contributed by atoms with E-state index in [9.17, 15) is 26.7 Å². The van der Waals surface area contributed by atoms with Crippen molar-refractivity contribution in [1.82, 2.24) is 5.32 Å². The van der Waals surface area contributed by atoms with Gasteiger partial charge >= 0.3 is 6.18 Å². The Morgan fingerprint density at radius 3 is 2.75 bits per heavy atom. The molecule has 3 atom stereocenters. The number of halogens is 5. The molecule has 0 saturated heterocycles. The van der Waals surface area contributed by atoms with Crippen LogP contribution < -0.4 is 11.1 Å². The van der Waals surface area contributed by atoms with Crippen LogP contribution in [0.25, 0.3) is 0 Å². The second-order valence-corrected chi connectivity index (χ2v) is 6.49. The van der Waals surface area contributed by atoms with Gasteiger partial charge in [-0.15, -0.1) is 0 Å². The molecule has 1 aliphatic rings. The van der Waals surface area contributed by atoms with Gasteiger partial charge in [0.1, 0.15) is 18.0 Å². The standard InChI is InChI=1S/C17H20F5N3O3/c1-9(7-27-2)24-14(26)10-3-4-12(19)11(5-10)16(8-18)6-13(17(20,21)22)28-15(23)25-16/h3-5,9,13H,6-8H2,1-2H3,(H2,23,25)(H,24,26)/t9?,13-,16+/m0/s1. The molecule has 0 aliphatic carbocycles. The monoisotopic (exact) mass is 409 g/mol. The van der Waals surface area contributed by atoms with Crippen molar-refractivity contribution in [3.05, 3.63) is 35.1 Å². The lowest BCUT2D eigenvalue weighted by Gasteiger charge is -2.36. The minimum absolute atomic E-state index is 0.0731. The molecule has 1 amide bonds. The first-order chi connectivity index (χ1) is 13.0. The highest BCUT2D eigenvalue weighted by atomic mass is 19.4. The van der Waals surface area contributed by atoms with Crippen LogP contribution in [0.15, 0.2) is 23.2 Å². The molecule has 0 fully saturated rings. The van der Waals surface area contributed by atoms with E-state index in [1.165, 1.54) is 7.11 Å². The smallest absolute Gasteiger partial charge is 0.425 e. The summed E-state index contributed by atoms with van der Waals surface area (Å²) in [6, 6.07) is 1.68. The lowest BCUT2D eigenvalue weighted by molar-refractivity contribution is -0.209. The fourth-order valence-corrected chi connectivity index (χ4v) is 2.91. The van der Waals surface area contributed by atoms with Crippen molar-refractivity contribution in [2.24, 2.45) is 10.7 Å². The molecule has 28 heavy (non-hydrogen) atoms. The summed E-state index contributed by atoms with van der Waals surface area (Å²) in [6.07, 6.45) is -8.34. The Bertz CT molecular complexity index is 756. The van der Waals surface area contributed by atoms with Gasteiger partial charge in [0.2, 0.25) is 0 Å². The molecule has 0 bridgehead atoms. The number of nitrogens with two attached hydrogens (primary N) is 1. The van der Waals surface area contributed by atoms with Crippen LogP contribution in [0.4, 0.5) is 22.0 Å². The van der Waals surface area contributed by atoms with Crippen LogP contribution in [0.3, 0.4) is 0 Å². The van der Waals surface area contributed by atoms with Crippen LogP contribution in [-0.2, 0) is 15.0 Å². The van der Waals surface area contributed by atoms with Gasteiger partial charge in [-0.3, -0.25) is 4.79 Å². The highest BCUT2D eigenvalue weighted by Gasteiger charge is 2.52. The molecule has 6 nitrogen and oxygen atoms in total. The van der Waals surface area contributed by atoms with Crippen LogP contribution in [0.2, 0.25) is 0 Å². The maximum absolute atomic E-state index is 14.4. The summed E-state index contributed by atoms with van der Waals surface area (Å²) in [5.74, 6) is -1.64. The van der Waals surface area contributed by atoms with E-state index in [-0.39, 0.29) is 18.2 Å². The summed E-state index contributed by atoms with van der Waals surface area (Å²) in [4.78, 5) is 15.9. The minimum atomic E-state index is -4.86. The molecular formula is C17H20F5N3O3. The number of hydrogen-bond donors (Lipinski definition) is 2. The molecule has 11 heteroatoms. The molecule has 156 valence electrons. The normalized spacial score (nSPS) is 23.5. The third-order valence-electron chi connectivity index (χ3n) is 4.22. The number of amidine groups is 1. The third-order valence-corrected chi connectivity index (χ3v) is 4.22. The van der Waals surface area contributed by atoms with Gasteiger partial charge in [-0.1, -0.05) is 0 Å². The van der Waals surface area contributed by atoms with E-state index in [4.69, 9.17) is 10.5 Å². The van der Waals surface area contributed by atoms with Crippen molar-refractivity contribution in [2.75, 3.05) is 20.4 Å².